The molecule has 1 unspecified atom stereocenters. The van der Waals surface area contributed by atoms with Crippen molar-refractivity contribution in [2.75, 3.05) is 0 Å². The van der Waals surface area contributed by atoms with Crippen LogP contribution in [0.15, 0.2) is 29.2 Å². The lowest BCUT2D eigenvalue weighted by Crippen LogP contribution is -2.04. The molecule has 1 aromatic rings. The van der Waals surface area contributed by atoms with Crippen molar-refractivity contribution in [2.45, 2.75) is 11.1 Å². The topological polar surface area (TPSA) is 17.1 Å². The minimum atomic E-state index is -4.37. The van der Waals surface area contributed by atoms with Gasteiger partial charge in [0.2, 0.25) is 0 Å². The zero-order valence-corrected chi connectivity index (χ0v) is 7.71. The molecule has 0 spiro atoms. The third-order valence-electron chi connectivity index (χ3n) is 1.37. The number of benzene rings is 1. The van der Waals surface area contributed by atoms with Crippen LogP contribution in [0.1, 0.15) is 5.56 Å². The van der Waals surface area contributed by atoms with E-state index >= 15 is 0 Å². The second-order valence-corrected chi connectivity index (χ2v) is 4.00. The summed E-state index contributed by atoms with van der Waals surface area (Å²) >= 11 is 0. The molecule has 0 aliphatic rings. The first-order chi connectivity index (χ1) is 5.91. The second kappa shape index (κ2) is 3.67. The van der Waals surface area contributed by atoms with Crippen LogP contribution in [0.5, 0.6) is 0 Å². The predicted octanol–water partition coefficient (Wildman–Crippen LogP) is 2.97. The summed E-state index contributed by atoms with van der Waals surface area (Å²) in [5, 5.41) is 0. The van der Waals surface area contributed by atoms with Crippen LogP contribution in [0.4, 0.5) is 13.2 Å². The number of rotatable bonds is 1. The molecule has 1 nitrogen and oxygen atoms in total. The van der Waals surface area contributed by atoms with E-state index in [0.29, 0.717) is 0 Å². The van der Waals surface area contributed by atoms with E-state index in [4.69, 9.17) is 10.7 Å². The molecule has 1 atom stereocenters. The molecule has 13 heavy (non-hydrogen) atoms. The fourth-order valence-corrected chi connectivity index (χ4v) is 1.41. The Bertz CT molecular complexity index is 320. The third kappa shape index (κ3) is 2.70. The van der Waals surface area contributed by atoms with Gasteiger partial charge in [0.25, 0.3) is 0 Å². The molecule has 0 aliphatic heterocycles. The monoisotopic (exact) mass is 228 g/mol. The smallest absolute Gasteiger partial charge is 0.237 e. The van der Waals surface area contributed by atoms with Crippen LogP contribution in [-0.4, -0.2) is 4.21 Å². The lowest BCUT2D eigenvalue weighted by atomic mass is 10.2. The summed E-state index contributed by atoms with van der Waals surface area (Å²) in [6.07, 6.45) is -4.37. The Balaban J connectivity index is 3.01. The van der Waals surface area contributed by atoms with E-state index in [0.717, 1.165) is 24.3 Å². The van der Waals surface area contributed by atoms with E-state index in [1.54, 1.807) is 0 Å². The minimum absolute atomic E-state index is 0.162. The number of hydrogen-bond acceptors (Lipinski definition) is 1. The van der Waals surface area contributed by atoms with Crippen LogP contribution in [-0.2, 0) is 16.2 Å². The predicted molar refractivity (Wildman–Crippen MR) is 43.7 cm³/mol. The standard InChI is InChI=1S/C7H4ClF3OS/c8-13(12)6-3-1-5(2-4-6)7(9,10)11/h1-4H. The van der Waals surface area contributed by atoms with Crippen molar-refractivity contribution in [1.29, 1.82) is 0 Å². The molecular weight excluding hydrogens is 225 g/mol. The van der Waals surface area contributed by atoms with Crippen molar-refractivity contribution in [3.8, 4) is 0 Å². The van der Waals surface area contributed by atoms with Crippen LogP contribution in [0.3, 0.4) is 0 Å². The van der Waals surface area contributed by atoms with Gasteiger partial charge in [-0.05, 0) is 34.9 Å². The zero-order chi connectivity index (χ0) is 10.1. The third-order valence-corrected chi connectivity index (χ3v) is 2.54. The highest BCUT2D eigenvalue weighted by Gasteiger charge is 2.30. The quantitative estimate of drug-likeness (QED) is 0.676. The lowest BCUT2D eigenvalue weighted by molar-refractivity contribution is -0.137. The molecule has 1 rings (SSSR count). The van der Waals surface area contributed by atoms with Crippen LogP contribution in [0.2, 0.25) is 0 Å². The summed E-state index contributed by atoms with van der Waals surface area (Å²) < 4.78 is 46.6. The average molecular weight is 229 g/mol. The fraction of sp³-hybridized carbons (Fsp3) is 0.143. The first-order valence-corrected chi connectivity index (χ1v) is 5.14. The molecule has 0 aromatic heterocycles. The lowest BCUT2D eigenvalue weighted by Gasteiger charge is -2.05. The molecule has 0 saturated carbocycles. The van der Waals surface area contributed by atoms with Gasteiger partial charge in [-0.2, -0.15) is 13.2 Å². The van der Waals surface area contributed by atoms with Crippen LogP contribution in [0, 0.1) is 0 Å². The van der Waals surface area contributed by atoms with Crippen LogP contribution < -0.4 is 0 Å². The zero-order valence-electron chi connectivity index (χ0n) is 6.14. The molecule has 0 heterocycles. The Morgan fingerprint density at radius 3 is 1.92 bits per heavy atom. The molecule has 72 valence electrons. The summed E-state index contributed by atoms with van der Waals surface area (Å²) in [5.41, 5.74) is -0.779. The maximum Gasteiger partial charge on any atom is 0.416 e. The van der Waals surface area contributed by atoms with Gasteiger partial charge in [-0.15, -0.1) is 0 Å². The van der Waals surface area contributed by atoms with Gasteiger partial charge in [0, 0.05) is 0 Å². The fourth-order valence-electron chi connectivity index (χ4n) is 0.751. The van der Waals surface area contributed by atoms with Crippen LogP contribution in [0.25, 0.3) is 0 Å². The summed E-state index contributed by atoms with van der Waals surface area (Å²) in [5.74, 6) is 0. The van der Waals surface area contributed by atoms with Gasteiger partial charge in [0.15, 0.2) is 0 Å². The number of hydrogen-bond donors (Lipinski definition) is 0. The maximum atomic E-state index is 12.0. The van der Waals surface area contributed by atoms with Crippen molar-refractivity contribution in [3.63, 3.8) is 0 Å². The van der Waals surface area contributed by atoms with Gasteiger partial charge in [0.05, 0.1) is 10.5 Å². The summed E-state index contributed by atoms with van der Waals surface area (Å²) in [4.78, 5) is 0.162. The van der Waals surface area contributed by atoms with E-state index in [1.165, 1.54) is 0 Å². The maximum absolute atomic E-state index is 12.0. The largest absolute Gasteiger partial charge is 0.416 e. The SMILES string of the molecule is O=S(Cl)c1ccc(C(F)(F)F)cc1. The van der Waals surface area contributed by atoms with E-state index in [2.05, 4.69) is 0 Å². The van der Waals surface area contributed by atoms with Crippen molar-refractivity contribution < 1.29 is 17.4 Å². The normalized spacial score (nSPS) is 14.2. The summed E-state index contributed by atoms with van der Waals surface area (Å²) in [6.45, 7) is 0. The molecule has 0 radical (unpaired) electrons. The Morgan fingerprint density at radius 2 is 1.62 bits per heavy atom. The second-order valence-electron chi connectivity index (χ2n) is 2.25. The summed E-state index contributed by atoms with van der Waals surface area (Å²) in [7, 11) is 3.40. The Hall–Kier alpha value is -0.550. The van der Waals surface area contributed by atoms with Crippen molar-refractivity contribution in [2.24, 2.45) is 0 Å². The molecular formula is C7H4ClF3OS. The van der Waals surface area contributed by atoms with Gasteiger partial charge in [-0.25, -0.2) is 4.21 Å². The van der Waals surface area contributed by atoms with Crippen LogP contribution >= 0.6 is 10.7 Å². The van der Waals surface area contributed by atoms with E-state index < -0.39 is 21.8 Å². The molecule has 0 fully saturated rings. The molecule has 0 bridgehead atoms. The van der Waals surface area contributed by atoms with Gasteiger partial charge >= 0.3 is 6.18 Å². The van der Waals surface area contributed by atoms with Crippen molar-refractivity contribution >= 4 is 20.7 Å². The first kappa shape index (κ1) is 10.5. The Morgan fingerprint density at radius 1 is 1.15 bits per heavy atom. The van der Waals surface area contributed by atoms with E-state index in [9.17, 15) is 17.4 Å². The molecule has 0 N–H and O–H groups in total. The molecule has 1 aromatic carbocycles. The molecule has 6 heteroatoms. The Labute approximate surface area is 79.5 Å². The highest BCUT2D eigenvalue weighted by molar-refractivity contribution is 8.08. The average Bonchev–Trinajstić information content (AvgIpc) is 2.03. The highest BCUT2D eigenvalue weighted by Crippen LogP contribution is 2.29. The van der Waals surface area contributed by atoms with Crippen molar-refractivity contribution in [3.05, 3.63) is 29.8 Å². The minimum Gasteiger partial charge on any atom is -0.237 e. The molecule has 0 amide bonds. The Kier molecular flexibility index (Phi) is 2.98. The van der Waals surface area contributed by atoms with Gasteiger partial charge in [0.1, 0.15) is 10.0 Å². The molecule has 0 saturated heterocycles. The number of alkyl halides is 3. The van der Waals surface area contributed by atoms with E-state index in [-0.39, 0.29) is 4.90 Å². The first-order valence-electron chi connectivity index (χ1n) is 3.16. The van der Waals surface area contributed by atoms with Gasteiger partial charge in [-0.3, -0.25) is 0 Å². The van der Waals surface area contributed by atoms with Gasteiger partial charge < -0.3 is 0 Å². The van der Waals surface area contributed by atoms with Gasteiger partial charge in [-0.1, -0.05) is 0 Å². The van der Waals surface area contributed by atoms with Crippen molar-refractivity contribution in [1.82, 2.24) is 0 Å². The molecule has 0 aliphatic carbocycles. The number of halogens is 4. The summed E-state index contributed by atoms with van der Waals surface area (Å²) in [6, 6.07) is 3.86. The van der Waals surface area contributed by atoms with E-state index in [1.807, 2.05) is 0 Å². The highest BCUT2D eigenvalue weighted by atomic mass is 35.7.